The molecule has 5 rings (SSSR count). The zero-order valence-corrected chi connectivity index (χ0v) is 17.0. The Bertz CT molecular complexity index is 1030. The number of nitrogens with zero attached hydrogens (tertiary/aromatic N) is 3. The monoisotopic (exact) mass is 402 g/mol. The predicted octanol–water partition coefficient (Wildman–Crippen LogP) is 3.36. The van der Waals surface area contributed by atoms with Gasteiger partial charge in [-0.15, -0.1) is 0 Å². The summed E-state index contributed by atoms with van der Waals surface area (Å²) in [6.07, 6.45) is 1.97. The molecule has 0 saturated carbocycles. The van der Waals surface area contributed by atoms with Crippen LogP contribution in [-0.2, 0) is 13.0 Å². The zero-order chi connectivity index (χ0) is 20.3. The van der Waals surface area contributed by atoms with Crippen LogP contribution in [0.5, 0.6) is 5.75 Å². The van der Waals surface area contributed by atoms with Crippen molar-refractivity contribution in [2.45, 2.75) is 19.4 Å². The fourth-order valence-corrected chi connectivity index (χ4v) is 4.29. The largest absolute Gasteiger partial charge is 0.493 e. The van der Waals surface area contributed by atoms with E-state index in [9.17, 15) is 4.79 Å². The summed E-state index contributed by atoms with van der Waals surface area (Å²) in [6.45, 7) is 5.07. The Morgan fingerprint density at radius 3 is 2.83 bits per heavy atom. The van der Waals surface area contributed by atoms with Crippen LogP contribution < -0.4 is 4.74 Å². The van der Waals surface area contributed by atoms with Gasteiger partial charge >= 0.3 is 0 Å². The molecule has 0 spiro atoms. The van der Waals surface area contributed by atoms with Crippen LogP contribution in [0.1, 0.15) is 28.0 Å². The first-order chi connectivity index (χ1) is 14.8. The van der Waals surface area contributed by atoms with Gasteiger partial charge in [0.15, 0.2) is 0 Å². The van der Waals surface area contributed by atoms with E-state index in [2.05, 4.69) is 33.3 Å². The molecule has 154 valence electrons. The molecular weight excluding hydrogens is 376 g/mol. The van der Waals surface area contributed by atoms with Crippen molar-refractivity contribution in [3.05, 3.63) is 71.4 Å². The van der Waals surface area contributed by atoms with Crippen molar-refractivity contribution in [1.29, 1.82) is 0 Å². The molecule has 3 aromatic rings. The van der Waals surface area contributed by atoms with Crippen molar-refractivity contribution in [2.24, 2.45) is 0 Å². The maximum atomic E-state index is 13.0. The Morgan fingerprint density at radius 1 is 1.03 bits per heavy atom. The molecule has 0 atom stereocenters. The molecule has 6 nitrogen and oxygen atoms in total. The number of carbonyl (C=O) groups excluding carboxylic acids is 1. The molecule has 3 heterocycles. The third kappa shape index (κ3) is 3.96. The Hall–Kier alpha value is -3.12. The highest BCUT2D eigenvalue weighted by Crippen LogP contribution is 2.26. The van der Waals surface area contributed by atoms with Gasteiger partial charge in [-0.3, -0.25) is 14.8 Å². The highest BCUT2D eigenvalue weighted by molar-refractivity contribution is 5.93. The quantitative estimate of drug-likeness (QED) is 0.727. The van der Waals surface area contributed by atoms with Gasteiger partial charge in [-0.1, -0.05) is 42.5 Å². The van der Waals surface area contributed by atoms with Crippen LogP contribution in [0.15, 0.2) is 54.6 Å². The van der Waals surface area contributed by atoms with Crippen molar-refractivity contribution in [2.75, 3.05) is 32.8 Å². The Kier molecular flexibility index (Phi) is 5.24. The van der Waals surface area contributed by atoms with Crippen LogP contribution in [0.2, 0.25) is 0 Å². The number of carbonyl (C=O) groups is 1. The standard InChI is InChI=1S/C24H26N4O2/c29-24(22-16-21(25-26-22)19-5-2-1-3-6-19)28-11-4-10-27(12-13-28)17-18-7-8-23-20(15-18)9-14-30-23/h1-3,5-8,15-16H,4,9-14,17H2,(H,25,26). The number of aromatic nitrogens is 2. The molecule has 0 radical (unpaired) electrons. The number of benzene rings is 2. The van der Waals surface area contributed by atoms with Crippen LogP contribution in [-0.4, -0.2) is 58.7 Å². The summed E-state index contributed by atoms with van der Waals surface area (Å²) in [5.41, 5.74) is 5.00. The number of hydrogen-bond donors (Lipinski definition) is 1. The van der Waals surface area contributed by atoms with Gasteiger partial charge < -0.3 is 9.64 Å². The Morgan fingerprint density at radius 2 is 1.93 bits per heavy atom. The summed E-state index contributed by atoms with van der Waals surface area (Å²) < 4.78 is 5.61. The lowest BCUT2D eigenvalue weighted by atomic mass is 10.1. The minimum Gasteiger partial charge on any atom is -0.493 e. The third-order valence-corrected chi connectivity index (χ3v) is 5.91. The van der Waals surface area contributed by atoms with Crippen LogP contribution >= 0.6 is 0 Å². The first-order valence-corrected chi connectivity index (χ1v) is 10.6. The van der Waals surface area contributed by atoms with E-state index in [4.69, 9.17) is 4.74 Å². The van der Waals surface area contributed by atoms with Gasteiger partial charge in [0, 0.05) is 44.7 Å². The summed E-state index contributed by atoms with van der Waals surface area (Å²) in [5, 5.41) is 7.26. The summed E-state index contributed by atoms with van der Waals surface area (Å²) in [4.78, 5) is 17.4. The van der Waals surface area contributed by atoms with Gasteiger partial charge in [0.2, 0.25) is 0 Å². The average Bonchev–Trinajstić information content (AvgIpc) is 3.40. The first kappa shape index (κ1) is 18.9. The van der Waals surface area contributed by atoms with Crippen molar-refractivity contribution < 1.29 is 9.53 Å². The lowest BCUT2D eigenvalue weighted by Crippen LogP contribution is -2.35. The molecule has 2 aliphatic heterocycles. The number of hydrogen-bond acceptors (Lipinski definition) is 4. The average molecular weight is 402 g/mol. The molecule has 0 unspecified atom stereocenters. The van der Waals surface area contributed by atoms with E-state index in [-0.39, 0.29) is 5.91 Å². The molecule has 0 bridgehead atoms. The minimum atomic E-state index is 0.0289. The Balaban J connectivity index is 1.21. The molecular formula is C24H26N4O2. The second-order valence-corrected chi connectivity index (χ2v) is 8.00. The number of rotatable bonds is 4. The SMILES string of the molecule is O=C(c1cc(-c2ccccc2)n[nH]1)N1CCCN(Cc2ccc3c(c2)CCO3)CC1. The van der Waals surface area contributed by atoms with Gasteiger partial charge in [0.05, 0.1) is 12.3 Å². The van der Waals surface area contributed by atoms with Crippen molar-refractivity contribution in [1.82, 2.24) is 20.0 Å². The smallest absolute Gasteiger partial charge is 0.271 e. The normalized spacial score (nSPS) is 16.7. The molecule has 0 aliphatic carbocycles. The van der Waals surface area contributed by atoms with E-state index in [0.717, 1.165) is 69.2 Å². The second-order valence-electron chi connectivity index (χ2n) is 8.00. The van der Waals surface area contributed by atoms with E-state index >= 15 is 0 Å². The predicted molar refractivity (Wildman–Crippen MR) is 115 cm³/mol. The molecule has 1 fully saturated rings. The number of ether oxygens (including phenoxy) is 1. The molecule has 6 heteroatoms. The highest BCUT2D eigenvalue weighted by Gasteiger charge is 2.22. The number of H-pyrrole nitrogens is 1. The van der Waals surface area contributed by atoms with E-state index in [1.165, 1.54) is 11.1 Å². The zero-order valence-electron chi connectivity index (χ0n) is 17.0. The van der Waals surface area contributed by atoms with Crippen LogP contribution in [0.4, 0.5) is 0 Å². The molecule has 1 saturated heterocycles. The Labute approximate surface area is 176 Å². The maximum absolute atomic E-state index is 13.0. The van der Waals surface area contributed by atoms with Crippen molar-refractivity contribution in [3.8, 4) is 17.0 Å². The molecule has 2 aromatic carbocycles. The second kappa shape index (κ2) is 8.32. The van der Waals surface area contributed by atoms with Gasteiger partial charge in [-0.2, -0.15) is 5.10 Å². The molecule has 1 aromatic heterocycles. The molecule has 30 heavy (non-hydrogen) atoms. The molecule has 2 aliphatic rings. The van der Waals surface area contributed by atoms with Crippen LogP contribution in [0.25, 0.3) is 11.3 Å². The minimum absolute atomic E-state index is 0.0289. The number of nitrogens with one attached hydrogen (secondary N) is 1. The topological polar surface area (TPSA) is 61.5 Å². The van der Waals surface area contributed by atoms with Crippen LogP contribution in [0, 0.1) is 0 Å². The van der Waals surface area contributed by atoms with Crippen molar-refractivity contribution in [3.63, 3.8) is 0 Å². The summed E-state index contributed by atoms with van der Waals surface area (Å²) >= 11 is 0. The molecule has 1 amide bonds. The first-order valence-electron chi connectivity index (χ1n) is 10.6. The van der Waals surface area contributed by atoms with E-state index in [1.54, 1.807) is 0 Å². The summed E-state index contributed by atoms with van der Waals surface area (Å²) in [6, 6.07) is 18.3. The fourth-order valence-electron chi connectivity index (χ4n) is 4.29. The van der Waals surface area contributed by atoms with Gasteiger partial charge in [0.25, 0.3) is 5.91 Å². The van der Waals surface area contributed by atoms with E-state index < -0.39 is 0 Å². The summed E-state index contributed by atoms with van der Waals surface area (Å²) in [5.74, 6) is 1.06. The number of aromatic amines is 1. The number of fused-ring (bicyclic) bond motifs is 1. The van der Waals surface area contributed by atoms with Crippen molar-refractivity contribution >= 4 is 5.91 Å². The maximum Gasteiger partial charge on any atom is 0.271 e. The van der Waals surface area contributed by atoms with E-state index in [0.29, 0.717) is 5.69 Å². The lowest BCUT2D eigenvalue weighted by molar-refractivity contribution is 0.0755. The van der Waals surface area contributed by atoms with Gasteiger partial charge in [-0.25, -0.2) is 0 Å². The lowest BCUT2D eigenvalue weighted by Gasteiger charge is -2.21. The van der Waals surface area contributed by atoms with E-state index in [1.807, 2.05) is 41.3 Å². The highest BCUT2D eigenvalue weighted by atomic mass is 16.5. The van der Waals surface area contributed by atoms with Gasteiger partial charge in [-0.05, 0) is 29.7 Å². The summed E-state index contributed by atoms with van der Waals surface area (Å²) in [7, 11) is 0. The fraction of sp³-hybridized carbons (Fsp3) is 0.333. The van der Waals surface area contributed by atoms with Gasteiger partial charge in [0.1, 0.15) is 11.4 Å². The molecule has 1 N–H and O–H groups in total. The van der Waals surface area contributed by atoms with Crippen LogP contribution in [0.3, 0.4) is 0 Å². The number of amides is 1. The third-order valence-electron chi connectivity index (χ3n) is 5.91.